The van der Waals surface area contributed by atoms with Crippen LogP contribution in [0.5, 0.6) is 0 Å². The van der Waals surface area contributed by atoms with E-state index in [1.54, 1.807) is 36.5 Å². The number of pyridine rings is 1. The number of nitrogens with zero attached hydrogens (tertiary/aromatic N) is 1. The van der Waals surface area contributed by atoms with Gasteiger partial charge in [-0.2, -0.15) is 0 Å². The van der Waals surface area contributed by atoms with Crippen LogP contribution in [0.4, 0.5) is 23.2 Å². The molecule has 3 aromatic rings. The first kappa shape index (κ1) is 21.2. The van der Waals surface area contributed by atoms with E-state index in [4.69, 9.17) is 4.74 Å². The molecule has 0 bridgehead atoms. The highest BCUT2D eigenvalue weighted by atomic mass is 19.2. The summed E-state index contributed by atoms with van der Waals surface area (Å²) in [5.74, 6) is -8.89. The summed E-state index contributed by atoms with van der Waals surface area (Å²) in [7, 11) is 0. The number of anilines is 1. The van der Waals surface area contributed by atoms with E-state index in [1.165, 1.54) is 0 Å². The number of aryl methyl sites for hydroxylation is 1. The summed E-state index contributed by atoms with van der Waals surface area (Å²) in [5.41, 5.74) is 0.720. The molecule has 0 aliphatic heterocycles. The van der Waals surface area contributed by atoms with Crippen molar-refractivity contribution in [1.82, 2.24) is 4.98 Å². The van der Waals surface area contributed by atoms with Gasteiger partial charge in [0, 0.05) is 17.1 Å². The highest BCUT2D eigenvalue weighted by molar-refractivity contribution is 6.06. The number of hydrogen-bond acceptors (Lipinski definition) is 4. The summed E-state index contributed by atoms with van der Waals surface area (Å²) in [4.78, 5) is 29.1. The van der Waals surface area contributed by atoms with Gasteiger partial charge in [-0.05, 0) is 25.0 Å². The van der Waals surface area contributed by atoms with E-state index in [0.717, 1.165) is 0 Å². The minimum Gasteiger partial charge on any atom is -0.452 e. The molecule has 30 heavy (non-hydrogen) atoms. The molecule has 3 rings (SSSR count). The highest BCUT2D eigenvalue weighted by Crippen LogP contribution is 2.25. The number of carbonyl (C=O) groups is 2. The van der Waals surface area contributed by atoms with Crippen molar-refractivity contribution in [3.63, 3.8) is 0 Å². The number of fused-ring (bicyclic) bond motifs is 1. The largest absolute Gasteiger partial charge is 0.452 e. The summed E-state index contributed by atoms with van der Waals surface area (Å²) in [6.45, 7) is 2.64. The lowest BCUT2D eigenvalue weighted by Crippen LogP contribution is -2.23. The Morgan fingerprint density at radius 1 is 1.07 bits per heavy atom. The van der Waals surface area contributed by atoms with Crippen LogP contribution in [0.15, 0.2) is 30.3 Å². The van der Waals surface area contributed by atoms with Crippen LogP contribution in [0.3, 0.4) is 0 Å². The number of aromatic nitrogens is 1. The van der Waals surface area contributed by atoms with Crippen LogP contribution >= 0.6 is 0 Å². The van der Waals surface area contributed by atoms with E-state index >= 15 is 0 Å². The molecule has 156 valence electrons. The second-order valence-corrected chi connectivity index (χ2v) is 6.40. The van der Waals surface area contributed by atoms with Gasteiger partial charge in [-0.15, -0.1) is 0 Å². The molecular weight excluding hydrogens is 404 g/mol. The molecule has 0 unspecified atom stereocenters. The lowest BCUT2D eigenvalue weighted by Gasteiger charge is -2.13. The second-order valence-electron chi connectivity index (χ2n) is 6.40. The number of carbonyl (C=O) groups excluding carboxylic acids is 2. The summed E-state index contributed by atoms with van der Waals surface area (Å²) < 4.78 is 58.8. The Hall–Kier alpha value is -3.49. The predicted molar refractivity (Wildman–Crippen MR) is 101 cm³/mol. The Morgan fingerprint density at radius 2 is 1.70 bits per heavy atom. The van der Waals surface area contributed by atoms with Gasteiger partial charge in [0.15, 0.2) is 29.9 Å². The van der Waals surface area contributed by atoms with Gasteiger partial charge in [-0.3, -0.25) is 9.78 Å². The zero-order valence-corrected chi connectivity index (χ0v) is 16.0. The Balaban J connectivity index is 1.82. The third kappa shape index (κ3) is 3.96. The molecule has 1 heterocycles. The van der Waals surface area contributed by atoms with Crippen molar-refractivity contribution in [2.24, 2.45) is 0 Å². The molecule has 1 amide bonds. The molecule has 1 aromatic heterocycles. The van der Waals surface area contributed by atoms with Gasteiger partial charge in [0.2, 0.25) is 0 Å². The van der Waals surface area contributed by atoms with Crippen LogP contribution in [0, 0.1) is 30.2 Å². The number of nitrogens with one attached hydrogen (secondary N) is 1. The lowest BCUT2D eigenvalue weighted by molar-refractivity contribution is -0.119. The van der Waals surface area contributed by atoms with Gasteiger partial charge in [0.05, 0.1) is 11.1 Å². The first-order valence-corrected chi connectivity index (χ1v) is 8.92. The maximum absolute atomic E-state index is 13.7. The number of halogens is 4. The van der Waals surface area contributed by atoms with E-state index in [1.807, 2.05) is 6.92 Å². The van der Waals surface area contributed by atoms with E-state index in [-0.39, 0.29) is 11.6 Å². The SMILES string of the molecule is CCc1nc2ccccc2c(C(=O)OCC(=O)Nc2c(F)c(F)cc(F)c2F)c1C. The average Bonchev–Trinajstić information content (AvgIpc) is 2.73. The van der Waals surface area contributed by atoms with Crippen molar-refractivity contribution in [2.75, 3.05) is 11.9 Å². The molecule has 0 aliphatic carbocycles. The number of hydrogen-bond donors (Lipinski definition) is 1. The fourth-order valence-electron chi connectivity index (χ4n) is 3.03. The van der Waals surface area contributed by atoms with Crippen LogP contribution in [0.2, 0.25) is 0 Å². The third-order valence-electron chi connectivity index (χ3n) is 4.49. The maximum Gasteiger partial charge on any atom is 0.339 e. The summed E-state index contributed by atoms with van der Waals surface area (Å²) >= 11 is 0. The maximum atomic E-state index is 13.7. The van der Waals surface area contributed by atoms with E-state index in [0.29, 0.717) is 28.6 Å². The number of benzene rings is 2. The lowest BCUT2D eigenvalue weighted by atomic mass is 10.0. The quantitative estimate of drug-likeness (QED) is 0.376. The fourth-order valence-corrected chi connectivity index (χ4v) is 3.03. The molecule has 0 fully saturated rings. The van der Waals surface area contributed by atoms with Gasteiger partial charge in [-0.1, -0.05) is 25.1 Å². The van der Waals surface area contributed by atoms with E-state index < -0.39 is 47.4 Å². The molecule has 9 heteroatoms. The third-order valence-corrected chi connectivity index (χ3v) is 4.49. The number of para-hydroxylation sites is 1. The number of amides is 1. The number of ether oxygens (including phenoxy) is 1. The predicted octanol–water partition coefficient (Wildman–Crippen LogP) is 4.46. The Morgan fingerprint density at radius 3 is 2.33 bits per heavy atom. The van der Waals surface area contributed by atoms with Crippen LogP contribution in [-0.2, 0) is 16.0 Å². The van der Waals surface area contributed by atoms with Crippen molar-refractivity contribution < 1.29 is 31.9 Å². The van der Waals surface area contributed by atoms with Crippen LogP contribution in [0.1, 0.15) is 28.5 Å². The van der Waals surface area contributed by atoms with Gasteiger partial charge >= 0.3 is 5.97 Å². The van der Waals surface area contributed by atoms with Crippen molar-refractivity contribution in [1.29, 1.82) is 0 Å². The van der Waals surface area contributed by atoms with Crippen molar-refractivity contribution in [2.45, 2.75) is 20.3 Å². The standard InChI is InChI=1S/C21H16F4N2O3/c1-3-14-10(2)17(11-6-4-5-7-15(11)26-14)21(29)30-9-16(28)27-20-18(24)12(22)8-13(23)19(20)25/h4-8H,3,9H2,1-2H3,(H,27,28). The summed E-state index contributed by atoms with van der Waals surface area (Å²) in [6, 6.07) is 6.88. The molecular formula is C21H16F4N2O3. The van der Waals surface area contributed by atoms with Gasteiger partial charge < -0.3 is 10.1 Å². The number of esters is 1. The Bertz CT molecular complexity index is 1140. The van der Waals surface area contributed by atoms with E-state index in [2.05, 4.69) is 4.98 Å². The first-order valence-electron chi connectivity index (χ1n) is 8.92. The average molecular weight is 420 g/mol. The summed E-state index contributed by atoms with van der Waals surface area (Å²) in [6.07, 6.45) is 0.557. The summed E-state index contributed by atoms with van der Waals surface area (Å²) in [5, 5.41) is 2.20. The second kappa shape index (κ2) is 8.48. The van der Waals surface area contributed by atoms with Crippen LogP contribution < -0.4 is 5.32 Å². The minimum absolute atomic E-state index is 0.0169. The fraction of sp³-hybridized carbons (Fsp3) is 0.190. The van der Waals surface area contributed by atoms with Gasteiger partial charge in [-0.25, -0.2) is 22.4 Å². The normalized spacial score (nSPS) is 10.9. The van der Waals surface area contributed by atoms with Crippen molar-refractivity contribution in [3.05, 3.63) is 70.4 Å². The first-order chi connectivity index (χ1) is 14.2. The molecule has 0 saturated heterocycles. The zero-order chi connectivity index (χ0) is 22.0. The van der Waals surface area contributed by atoms with Crippen molar-refractivity contribution >= 4 is 28.5 Å². The molecule has 0 aliphatic rings. The molecule has 5 nitrogen and oxygen atoms in total. The topological polar surface area (TPSA) is 68.3 Å². The molecule has 2 aromatic carbocycles. The smallest absolute Gasteiger partial charge is 0.339 e. The molecule has 1 N–H and O–H groups in total. The zero-order valence-electron chi connectivity index (χ0n) is 16.0. The van der Waals surface area contributed by atoms with Crippen LogP contribution in [-0.4, -0.2) is 23.5 Å². The van der Waals surface area contributed by atoms with E-state index in [9.17, 15) is 27.2 Å². The Labute approximate surface area is 168 Å². The molecule has 0 spiro atoms. The highest BCUT2D eigenvalue weighted by Gasteiger charge is 2.23. The monoisotopic (exact) mass is 420 g/mol. The molecule has 0 atom stereocenters. The molecule has 0 radical (unpaired) electrons. The molecule has 0 saturated carbocycles. The van der Waals surface area contributed by atoms with Gasteiger partial charge in [0.25, 0.3) is 5.91 Å². The van der Waals surface area contributed by atoms with Gasteiger partial charge in [0.1, 0.15) is 5.69 Å². The number of rotatable bonds is 5. The Kier molecular flexibility index (Phi) is 6.00. The minimum atomic E-state index is -1.77. The van der Waals surface area contributed by atoms with Crippen LogP contribution in [0.25, 0.3) is 10.9 Å². The van der Waals surface area contributed by atoms with Crippen molar-refractivity contribution in [3.8, 4) is 0 Å².